The Labute approximate surface area is 115 Å². The summed E-state index contributed by atoms with van der Waals surface area (Å²) in [5.74, 6) is 0. The van der Waals surface area contributed by atoms with E-state index >= 15 is 0 Å². The molecule has 1 fully saturated rings. The fourth-order valence-electron chi connectivity index (χ4n) is 1.55. The number of ether oxygens (including phenoxy) is 1. The fraction of sp³-hybridized carbons (Fsp3) is 0.692. The number of thiol groups is 1. The first-order chi connectivity index (χ1) is 8.34. The van der Waals surface area contributed by atoms with Gasteiger partial charge in [-0.1, -0.05) is 13.8 Å². The van der Waals surface area contributed by atoms with Crippen LogP contribution in [0.25, 0.3) is 0 Å². The molecule has 0 radical (unpaired) electrons. The highest BCUT2D eigenvalue weighted by molar-refractivity contribution is 7.79. The second-order valence-electron chi connectivity index (χ2n) is 3.40. The van der Waals surface area contributed by atoms with E-state index in [0.717, 1.165) is 32.8 Å². The Morgan fingerprint density at radius 3 is 2.29 bits per heavy atom. The van der Waals surface area contributed by atoms with Crippen molar-refractivity contribution < 1.29 is 4.74 Å². The smallest absolute Gasteiger partial charge is 0.0594 e. The molecule has 2 rings (SSSR count). The normalized spacial score (nSPS) is 15.4. The number of rotatable bonds is 2. The van der Waals surface area contributed by atoms with Gasteiger partial charge in [0.2, 0.25) is 0 Å². The van der Waals surface area contributed by atoms with Gasteiger partial charge in [0.25, 0.3) is 0 Å². The van der Waals surface area contributed by atoms with Crippen LogP contribution in [0.2, 0.25) is 0 Å². The van der Waals surface area contributed by atoms with E-state index in [1.54, 1.807) is 6.26 Å². The molecule has 0 aliphatic carbocycles. The van der Waals surface area contributed by atoms with Crippen LogP contribution in [0.5, 0.6) is 0 Å². The van der Waals surface area contributed by atoms with Crippen LogP contribution in [0.1, 0.15) is 23.6 Å². The van der Waals surface area contributed by atoms with Crippen molar-refractivity contribution in [3.8, 4) is 0 Å². The lowest BCUT2D eigenvalue weighted by atomic mass is 10.3. The minimum Gasteiger partial charge on any atom is -0.379 e. The molecule has 2 nitrogen and oxygen atoms in total. The second-order valence-corrected chi connectivity index (χ2v) is 4.77. The van der Waals surface area contributed by atoms with E-state index < -0.39 is 0 Å². The Hall–Kier alpha value is -0.0300. The van der Waals surface area contributed by atoms with Crippen molar-refractivity contribution in [2.45, 2.75) is 27.3 Å². The van der Waals surface area contributed by atoms with Crippen LogP contribution >= 0.6 is 24.0 Å². The van der Waals surface area contributed by atoms with Gasteiger partial charge in [0.15, 0.2) is 0 Å². The van der Waals surface area contributed by atoms with Gasteiger partial charge in [0.05, 0.1) is 13.2 Å². The maximum absolute atomic E-state index is 5.30. The number of hydrogen-bond acceptors (Lipinski definition) is 4. The summed E-state index contributed by atoms with van der Waals surface area (Å²) in [6.07, 6.45) is 1.69. The molecule has 1 aromatic heterocycles. The van der Waals surface area contributed by atoms with Crippen LogP contribution in [0.3, 0.4) is 0 Å². The van der Waals surface area contributed by atoms with Gasteiger partial charge in [-0.2, -0.15) is 12.6 Å². The quantitative estimate of drug-likeness (QED) is 0.830. The van der Waals surface area contributed by atoms with Crippen LogP contribution in [0.4, 0.5) is 0 Å². The molecule has 100 valence electrons. The third kappa shape index (κ3) is 7.09. The first kappa shape index (κ1) is 17.0. The third-order valence-electron chi connectivity index (χ3n) is 2.28. The lowest BCUT2D eigenvalue weighted by Gasteiger charge is -2.25. The SMILES string of the molecule is CC.CS.Cc1ccc(CN2CCOCC2)s1. The Morgan fingerprint density at radius 1 is 1.24 bits per heavy atom. The Morgan fingerprint density at radius 2 is 1.82 bits per heavy atom. The van der Waals surface area contributed by atoms with Crippen molar-refractivity contribution in [1.82, 2.24) is 4.90 Å². The summed E-state index contributed by atoms with van der Waals surface area (Å²) in [7, 11) is 0. The summed E-state index contributed by atoms with van der Waals surface area (Å²) in [5, 5.41) is 0. The van der Waals surface area contributed by atoms with E-state index in [2.05, 4.69) is 36.6 Å². The number of hydrogen-bond donors (Lipinski definition) is 1. The van der Waals surface area contributed by atoms with Gasteiger partial charge >= 0.3 is 0 Å². The van der Waals surface area contributed by atoms with Gasteiger partial charge in [0.1, 0.15) is 0 Å². The van der Waals surface area contributed by atoms with Gasteiger partial charge < -0.3 is 4.74 Å². The van der Waals surface area contributed by atoms with Gasteiger partial charge in [0, 0.05) is 29.4 Å². The molecular weight excluding hydrogens is 250 g/mol. The van der Waals surface area contributed by atoms with Crippen molar-refractivity contribution >= 4 is 24.0 Å². The molecular formula is C13H25NOS2. The summed E-state index contributed by atoms with van der Waals surface area (Å²) in [4.78, 5) is 5.33. The van der Waals surface area contributed by atoms with Crippen molar-refractivity contribution in [1.29, 1.82) is 0 Å². The van der Waals surface area contributed by atoms with Crippen LogP contribution in [0, 0.1) is 6.92 Å². The van der Waals surface area contributed by atoms with Gasteiger partial charge in [-0.15, -0.1) is 11.3 Å². The number of thiophene rings is 1. The zero-order chi connectivity index (χ0) is 13.1. The predicted octanol–water partition coefficient (Wildman–Crippen LogP) is 3.46. The topological polar surface area (TPSA) is 12.5 Å². The molecule has 0 unspecified atom stereocenters. The summed E-state index contributed by atoms with van der Waals surface area (Å²) in [6, 6.07) is 4.43. The molecule has 1 saturated heterocycles. The van der Waals surface area contributed by atoms with Crippen molar-refractivity contribution in [3.63, 3.8) is 0 Å². The highest BCUT2D eigenvalue weighted by atomic mass is 32.1. The number of aryl methyl sites for hydroxylation is 1. The monoisotopic (exact) mass is 275 g/mol. The number of morpholine rings is 1. The molecule has 17 heavy (non-hydrogen) atoms. The van der Waals surface area contributed by atoms with Crippen molar-refractivity contribution in [3.05, 3.63) is 21.9 Å². The molecule has 0 N–H and O–H groups in total. The van der Waals surface area contributed by atoms with Crippen LogP contribution < -0.4 is 0 Å². The average Bonchev–Trinajstić information content (AvgIpc) is 2.81. The summed E-state index contributed by atoms with van der Waals surface area (Å²) >= 11 is 5.43. The Balaban J connectivity index is 0.000000581. The first-order valence-electron chi connectivity index (χ1n) is 6.15. The maximum Gasteiger partial charge on any atom is 0.0594 e. The molecule has 1 aliphatic heterocycles. The highest BCUT2D eigenvalue weighted by Crippen LogP contribution is 2.17. The standard InChI is InChI=1S/C10H15NOS.C2H6.CH4S/c1-9-2-3-10(13-9)8-11-4-6-12-7-5-11;2*1-2/h2-3H,4-8H2,1H3;1-2H3;2H,1H3. The van der Waals surface area contributed by atoms with E-state index in [1.807, 2.05) is 25.2 Å². The third-order valence-corrected chi connectivity index (χ3v) is 3.26. The molecule has 0 atom stereocenters. The van der Waals surface area contributed by atoms with Crippen molar-refractivity contribution in [2.24, 2.45) is 0 Å². The van der Waals surface area contributed by atoms with E-state index in [9.17, 15) is 0 Å². The molecule has 1 aromatic rings. The zero-order valence-electron chi connectivity index (χ0n) is 11.4. The van der Waals surface area contributed by atoms with Crippen LogP contribution in [-0.2, 0) is 11.3 Å². The second kappa shape index (κ2) is 11.1. The molecule has 0 aromatic carbocycles. The van der Waals surface area contributed by atoms with Crippen LogP contribution in [0.15, 0.2) is 12.1 Å². The molecule has 0 amide bonds. The first-order valence-corrected chi connectivity index (χ1v) is 7.86. The summed E-state index contributed by atoms with van der Waals surface area (Å²) in [5.41, 5.74) is 0. The molecule has 4 heteroatoms. The predicted molar refractivity (Wildman–Crippen MR) is 81.4 cm³/mol. The van der Waals surface area contributed by atoms with E-state index in [4.69, 9.17) is 4.74 Å². The Bertz CT molecular complexity index is 270. The lowest BCUT2D eigenvalue weighted by molar-refractivity contribution is 0.0346. The maximum atomic E-state index is 5.30. The zero-order valence-corrected chi connectivity index (χ0v) is 13.1. The average molecular weight is 275 g/mol. The molecule has 2 heterocycles. The minimum absolute atomic E-state index is 0.893. The Kier molecular flexibility index (Phi) is 11.1. The molecule has 0 spiro atoms. The fourth-order valence-corrected chi connectivity index (χ4v) is 2.48. The largest absolute Gasteiger partial charge is 0.379 e. The number of nitrogens with zero attached hydrogens (tertiary/aromatic N) is 1. The summed E-state index contributed by atoms with van der Waals surface area (Å²) < 4.78 is 5.30. The molecule has 0 bridgehead atoms. The summed E-state index contributed by atoms with van der Waals surface area (Å²) in [6.45, 7) is 11.2. The lowest BCUT2D eigenvalue weighted by Crippen LogP contribution is -2.35. The van der Waals surface area contributed by atoms with Gasteiger partial charge in [-0.25, -0.2) is 0 Å². The van der Waals surface area contributed by atoms with Crippen LogP contribution in [-0.4, -0.2) is 37.5 Å². The van der Waals surface area contributed by atoms with E-state index in [1.165, 1.54) is 9.75 Å². The minimum atomic E-state index is 0.893. The molecule has 0 saturated carbocycles. The molecule has 1 aliphatic rings. The van der Waals surface area contributed by atoms with Gasteiger partial charge in [-0.05, 0) is 25.3 Å². The van der Waals surface area contributed by atoms with Crippen molar-refractivity contribution in [2.75, 3.05) is 32.6 Å². The van der Waals surface area contributed by atoms with E-state index in [0.29, 0.717) is 0 Å². The van der Waals surface area contributed by atoms with Gasteiger partial charge in [-0.3, -0.25) is 4.90 Å². The van der Waals surface area contributed by atoms with E-state index in [-0.39, 0.29) is 0 Å². The highest BCUT2D eigenvalue weighted by Gasteiger charge is 2.10.